The van der Waals surface area contributed by atoms with E-state index < -0.39 is 15.9 Å². The Morgan fingerprint density at radius 2 is 1.07 bits per heavy atom. The molecule has 0 fully saturated rings. The summed E-state index contributed by atoms with van der Waals surface area (Å²) in [5, 5.41) is -0.953. The Kier molecular flexibility index (Phi) is 5.77. The van der Waals surface area contributed by atoms with E-state index >= 15 is 0 Å². The van der Waals surface area contributed by atoms with Crippen molar-refractivity contribution in [2.45, 2.75) is 16.9 Å². The molecule has 0 aliphatic rings. The summed E-state index contributed by atoms with van der Waals surface area (Å²) in [6.07, 6.45) is 0. The van der Waals surface area contributed by atoms with Crippen molar-refractivity contribution in [3.8, 4) is 0 Å². The van der Waals surface area contributed by atoms with Crippen molar-refractivity contribution in [3.63, 3.8) is 0 Å². The zero-order valence-corrected chi connectivity index (χ0v) is 15.9. The molecule has 27 heavy (non-hydrogen) atoms. The number of ketones is 1. The van der Waals surface area contributed by atoms with Gasteiger partial charge in [-0.15, -0.1) is 11.8 Å². The van der Waals surface area contributed by atoms with Crippen LogP contribution in [0, 0.1) is 0 Å². The minimum Gasteiger partial charge on any atom is -0.368 e. The highest BCUT2D eigenvalue weighted by atomic mass is 32.2. The van der Waals surface area contributed by atoms with Crippen LogP contribution >= 0.6 is 11.8 Å². The molecule has 3 aromatic rings. The van der Waals surface area contributed by atoms with Crippen molar-refractivity contribution in [1.82, 2.24) is 0 Å². The van der Waals surface area contributed by atoms with Gasteiger partial charge in [0.15, 0.2) is 5.78 Å². The molecular formula is C23H21NO2S. The molecule has 0 radical (unpaired) electrons. The van der Waals surface area contributed by atoms with E-state index in [4.69, 9.17) is 5.73 Å². The predicted octanol–water partition coefficient (Wildman–Crippen LogP) is 4.15. The Morgan fingerprint density at radius 1 is 0.741 bits per heavy atom. The third-order valence-electron chi connectivity index (χ3n) is 4.46. The zero-order valence-electron chi connectivity index (χ0n) is 15.0. The van der Waals surface area contributed by atoms with Gasteiger partial charge in [0.1, 0.15) is 5.25 Å². The average Bonchev–Trinajstić information content (AvgIpc) is 2.70. The number of amides is 1. The van der Waals surface area contributed by atoms with Crippen molar-refractivity contribution in [1.29, 1.82) is 0 Å². The molecule has 0 aliphatic carbocycles. The van der Waals surface area contributed by atoms with Crippen LogP contribution in [-0.2, 0) is 14.3 Å². The maximum atomic E-state index is 12.2. The standard InChI is InChI=1S/C23H21NO2S/c1-17(25)21(22(24)26)27-23(18-11-5-2-6-12-18,19-13-7-3-8-14-19)20-15-9-4-10-16-20/h2-16,21H,1H3,(H2,24,26). The van der Waals surface area contributed by atoms with E-state index in [1.165, 1.54) is 18.7 Å². The van der Waals surface area contributed by atoms with Gasteiger partial charge in [-0.3, -0.25) is 9.59 Å². The summed E-state index contributed by atoms with van der Waals surface area (Å²) in [7, 11) is 0. The highest BCUT2D eigenvalue weighted by Gasteiger charge is 2.42. The number of carbonyl (C=O) groups is 2. The van der Waals surface area contributed by atoms with E-state index in [-0.39, 0.29) is 5.78 Å². The fourth-order valence-corrected chi connectivity index (χ4v) is 4.69. The Morgan fingerprint density at radius 3 is 1.33 bits per heavy atom. The first kappa shape index (κ1) is 18.9. The number of nitrogens with two attached hydrogens (primary N) is 1. The summed E-state index contributed by atoms with van der Waals surface area (Å²) in [6, 6.07) is 29.7. The minimum absolute atomic E-state index is 0.250. The SMILES string of the molecule is CC(=O)C(SC(c1ccccc1)(c1ccccc1)c1ccccc1)C(N)=O. The van der Waals surface area contributed by atoms with Crippen LogP contribution in [0.25, 0.3) is 0 Å². The first-order valence-corrected chi connectivity index (χ1v) is 9.58. The molecule has 0 aliphatic heterocycles. The van der Waals surface area contributed by atoms with Gasteiger partial charge < -0.3 is 5.73 Å². The Bertz CT molecular complexity index is 800. The van der Waals surface area contributed by atoms with Gasteiger partial charge in [-0.1, -0.05) is 91.0 Å². The van der Waals surface area contributed by atoms with E-state index in [0.717, 1.165) is 16.7 Å². The van der Waals surface area contributed by atoms with Gasteiger partial charge in [0.25, 0.3) is 0 Å². The minimum atomic E-state index is -0.953. The Hall–Kier alpha value is -2.85. The smallest absolute Gasteiger partial charge is 0.238 e. The Labute approximate surface area is 163 Å². The number of thioether (sulfide) groups is 1. The largest absolute Gasteiger partial charge is 0.368 e. The molecule has 3 aromatic carbocycles. The second kappa shape index (κ2) is 8.23. The number of primary amides is 1. The molecule has 4 heteroatoms. The van der Waals surface area contributed by atoms with E-state index in [2.05, 4.69) is 0 Å². The van der Waals surface area contributed by atoms with E-state index in [9.17, 15) is 9.59 Å². The van der Waals surface area contributed by atoms with E-state index in [1.54, 1.807) is 0 Å². The highest BCUT2D eigenvalue weighted by Crippen LogP contribution is 2.50. The summed E-state index contributed by atoms with van der Waals surface area (Å²) in [4.78, 5) is 24.3. The monoisotopic (exact) mass is 375 g/mol. The van der Waals surface area contributed by atoms with Crippen LogP contribution in [0.3, 0.4) is 0 Å². The average molecular weight is 375 g/mol. The Balaban J connectivity index is 2.32. The van der Waals surface area contributed by atoms with Gasteiger partial charge in [0.2, 0.25) is 5.91 Å². The molecule has 0 spiro atoms. The fraction of sp³-hybridized carbons (Fsp3) is 0.130. The topological polar surface area (TPSA) is 60.2 Å². The normalized spacial score (nSPS) is 12.3. The van der Waals surface area contributed by atoms with Crippen molar-refractivity contribution in [3.05, 3.63) is 108 Å². The number of carbonyl (C=O) groups excluding carboxylic acids is 2. The zero-order chi connectivity index (χ0) is 19.3. The fourth-order valence-electron chi connectivity index (χ4n) is 3.24. The highest BCUT2D eigenvalue weighted by molar-refractivity contribution is 8.02. The number of benzene rings is 3. The summed E-state index contributed by atoms with van der Waals surface area (Å²) in [5.74, 6) is -0.876. The second-order valence-electron chi connectivity index (χ2n) is 6.29. The second-order valence-corrected chi connectivity index (χ2v) is 7.61. The van der Waals surface area contributed by atoms with E-state index in [1.807, 2.05) is 91.0 Å². The molecule has 0 bridgehead atoms. The molecular weight excluding hydrogens is 354 g/mol. The van der Waals surface area contributed by atoms with Gasteiger partial charge in [0.05, 0.1) is 4.75 Å². The number of Topliss-reactive ketones (excluding diaryl/α,β-unsaturated/α-hetero) is 1. The van der Waals surface area contributed by atoms with Gasteiger partial charge in [-0.25, -0.2) is 0 Å². The molecule has 3 nitrogen and oxygen atoms in total. The molecule has 136 valence electrons. The third-order valence-corrected chi connectivity index (χ3v) is 6.32. The van der Waals surface area contributed by atoms with Crippen molar-refractivity contribution in [2.24, 2.45) is 5.73 Å². The number of rotatable bonds is 7. The maximum Gasteiger partial charge on any atom is 0.238 e. The summed E-state index contributed by atoms with van der Waals surface area (Å²) in [5.41, 5.74) is 8.56. The van der Waals surface area contributed by atoms with Crippen LogP contribution in [0.4, 0.5) is 0 Å². The first-order valence-electron chi connectivity index (χ1n) is 8.70. The lowest BCUT2D eigenvalue weighted by Gasteiger charge is -2.37. The third kappa shape index (κ3) is 3.81. The predicted molar refractivity (Wildman–Crippen MR) is 110 cm³/mol. The van der Waals surface area contributed by atoms with Crippen LogP contribution in [-0.4, -0.2) is 16.9 Å². The van der Waals surface area contributed by atoms with Crippen LogP contribution in [0.15, 0.2) is 91.0 Å². The summed E-state index contributed by atoms with van der Waals surface area (Å²) in [6.45, 7) is 1.41. The van der Waals surface area contributed by atoms with Gasteiger partial charge in [0, 0.05) is 0 Å². The van der Waals surface area contributed by atoms with Crippen molar-refractivity contribution in [2.75, 3.05) is 0 Å². The van der Waals surface area contributed by atoms with Crippen LogP contribution in [0.5, 0.6) is 0 Å². The number of hydrogen-bond donors (Lipinski definition) is 1. The molecule has 1 unspecified atom stereocenters. The van der Waals surface area contributed by atoms with Crippen LogP contribution in [0.1, 0.15) is 23.6 Å². The lowest BCUT2D eigenvalue weighted by molar-refractivity contribution is -0.124. The molecule has 0 aromatic heterocycles. The molecule has 1 atom stereocenters. The van der Waals surface area contributed by atoms with Crippen molar-refractivity contribution >= 4 is 23.5 Å². The molecule has 0 saturated carbocycles. The van der Waals surface area contributed by atoms with E-state index in [0.29, 0.717) is 0 Å². The lowest BCUT2D eigenvalue weighted by atomic mass is 9.84. The summed E-state index contributed by atoms with van der Waals surface area (Å²) >= 11 is 1.29. The van der Waals surface area contributed by atoms with Gasteiger partial charge >= 0.3 is 0 Å². The van der Waals surface area contributed by atoms with Gasteiger partial charge in [-0.2, -0.15) is 0 Å². The molecule has 1 amide bonds. The lowest BCUT2D eigenvalue weighted by Crippen LogP contribution is -2.38. The molecule has 0 heterocycles. The van der Waals surface area contributed by atoms with Gasteiger partial charge in [-0.05, 0) is 23.6 Å². The van der Waals surface area contributed by atoms with Crippen molar-refractivity contribution < 1.29 is 9.59 Å². The number of hydrogen-bond acceptors (Lipinski definition) is 3. The molecule has 3 rings (SSSR count). The first-order chi connectivity index (χ1) is 13.1. The summed E-state index contributed by atoms with van der Waals surface area (Å²) < 4.78 is -0.741. The molecule has 2 N–H and O–H groups in total. The maximum absolute atomic E-state index is 12.2. The molecule has 0 saturated heterocycles. The quantitative estimate of drug-likeness (QED) is 0.498. The van der Waals surface area contributed by atoms with Crippen LogP contribution < -0.4 is 5.73 Å². The van der Waals surface area contributed by atoms with Crippen LogP contribution in [0.2, 0.25) is 0 Å².